The number of unbranched alkanes of at least 4 members (excludes halogenated alkanes) is 2. The van der Waals surface area contributed by atoms with Gasteiger partial charge in [0.15, 0.2) is 0 Å². The summed E-state index contributed by atoms with van der Waals surface area (Å²) in [7, 11) is 0. The second-order valence-corrected chi connectivity index (χ2v) is 7.11. The molecule has 23 heavy (non-hydrogen) atoms. The second-order valence-electron chi connectivity index (χ2n) is 6.30. The Bertz CT molecular complexity index is 514. The molecule has 1 heterocycles. The van der Waals surface area contributed by atoms with Gasteiger partial charge < -0.3 is 5.32 Å². The standard InChI is InChI=1S/C18H26Cl2N2O/c1-2-3-4-9-21-18(23)15-7-10-22(11-8-15)13-14-5-6-16(19)17(20)12-14/h5-6,12,15H,2-4,7-11,13H2,1H3,(H,21,23). The van der Waals surface area contributed by atoms with E-state index in [9.17, 15) is 4.79 Å². The number of piperidine rings is 1. The molecule has 1 aliphatic heterocycles. The lowest BCUT2D eigenvalue weighted by molar-refractivity contribution is -0.126. The molecule has 3 nitrogen and oxygen atoms in total. The van der Waals surface area contributed by atoms with Gasteiger partial charge in [0.1, 0.15) is 0 Å². The highest BCUT2D eigenvalue weighted by atomic mass is 35.5. The van der Waals surface area contributed by atoms with Gasteiger partial charge in [-0.2, -0.15) is 0 Å². The molecule has 128 valence electrons. The summed E-state index contributed by atoms with van der Waals surface area (Å²) in [4.78, 5) is 14.5. The summed E-state index contributed by atoms with van der Waals surface area (Å²) in [5, 5.41) is 4.27. The number of rotatable bonds is 7. The van der Waals surface area contributed by atoms with Crippen molar-refractivity contribution in [1.29, 1.82) is 0 Å². The maximum atomic E-state index is 12.1. The van der Waals surface area contributed by atoms with E-state index in [1.54, 1.807) is 0 Å². The smallest absolute Gasteiger partial charge is 0.223 e. The summed E-state index contributed by atoms with van der Waals surface area (Å²) in [6.07, 6.45) is 5.31. The van der Waals surface area contributed by atoms with Crippen LogP contribution in [0.4, 0.5) is 0 Å². The molecule has 0 radical (unpaired) electrons. The zero-order valence-electron chi connectivity index (χ0n) is 13.8. The molecule has 1 N–H and O–H groups in total. The SMILES string of the molecule is CCCCCNC(=O)C1CCN(Cc2ccc(Cl)c(Cl)c2)CC1. The number of halogens is 2. The van der Waals surface area contributed by atoms with Crippen LogP contribution in [0.15, 0.2) is 18.2 Å². The van der Waals surface area contributed by atoms with Gasteiger partial charge in [0.25, 0.3) is 0 Å². The van der Waals surface area contributed by atoms with Gasteiger partial charge in [-0.15, -0.1) is 0 Å². The number of nitrogens with zero attached hydrogens (tertiary/aromatic N) is 1. The van der Waals surface area contributed by atoms with Crippen LogP contribution >= 0.6 is 23.2 Å². The molecule has 1 aliphatic rings. The lowest BCUT2D eigenvalue weighted by Crippen LogP contribution is -2.40. The third kappa shape index (κ3) is 5.98. The minimum Gasteiger partial charge on any atom is -0.356 e. The molecule has 0 atom stereocenters. The monoisotopic (exact) mass is 356 g/mol. The quantitative estimate of drug-likeness (QED) is 0.728. The van der Waals surface area contributed by atoms with E-state index in [4.69, 9.17) is 23.2 Å². The number of likely N-dealkylation sites (tertiary alicyclic amines) is 1. The molecule has 0 aliphatic carbocycles. The maximum absolute atomic E-state index is 12.1. The van der Waals surface area contributed by atoms with Gasteiger partial charge in [0.05, 0.1) is 10.0 Å². The van der Waals surface area contributed by atoms with Crippen molar-refractivity contribution in [1.82, 2.24) is 10.2 Å². The summed E-state index contributed by atoms with van der Waals surface area (Å²) in [6.45, 7) is 5.75. The summed E-state index contributed by atoms with van der Waals surface area (Å²) in [6, 6.07) is 5.78. The minimum atomic E-state index is 0.168. The van der Waals surface area contributed by atoms with E-state index in [1.807, 2.05) is 18.2 Å². The number of hydrogen-bond acceptors (Lipinski definition) is 2. The second kappa shape index (κ2) is 9.51. The zero-order valence-corrected chi connectivity index (χ0v) is 15.3. The van der Waals surface area contributed by atoms with Crippen LogP contribution in [0.5, 0.6) is 0 Å². The Balaban J connectivity index is 1.73. The first kappa shape index (κ1) is 18.6. The fourth-order valence-electron chi connectivity index (χ4n) is 2.98. The molecule has 2 rings (SSSR count). The highest BCUT2D eigenvalue weighted by Gasteiger charge is 2.24. The van der Waals surface area contributed by atoms with Gasteiger partial charge in [-0.25, -0.2) is 0 Å². The predicted octanol–water partition coefficient (Wildman–Crippen LogP) is 4.51. The van der Waals surface area contributed by atoms with Crippen molar-refractivity contribution in [2.45, 2.75) is 45.6 Å². The van der Waals surface area contributed by atoms with Gasteiger partial charge in [-0.3, -0.25) is 9.69 Å². The lowest BCUT2D eigenvalue weighted by atomic mass is 9.95. The number of carbonyl (C=O) groups excluding carboxylic acids is 1. The van der Waals surface area contributed by atoms with Crippen molar-refractivity contribution in [2.24, 2.45) is 5.92 Å². The number of hydrogen-bond donors (Lipinski definition) is 1. The van der Waals surface area contributed by atoms with Crippen LogP contribution in [-0.2, 0) is 11.3 Å². The van der Waals surface area contributed by atoms with Gasteiger partial charge in [0, 0.05) is 19.0 Å². The highest BCUT2D eigenvalue weighted by Crippen LogP contribution is 2.25. The summed E-state index contributed by atoms with van der Waals surface area (Å²) >= 11 is 12.0. The van der Waals surface area contributed by atoms with Crippen LogP contribution in [0.3, 0.4) is 0 Å². The van der Waals surface area contributed by atoms with Gasteiger partial charge >= 0.3 is 0 Å². The van der Waals surface area contributed by atoms with Gasteiger partial charge in [-0.05, 0) is 50.0 Å². The molecule has 1 fully saturated rings. The zero-order chi connectivity index (χ0) is 16.7. The Morgan fingerprint density at radius 2 is 1.96 bits per heavy atom. The molecule has 5 heteroatoms. The van der Waals surface area contributed by atoms with Crippen LogP contribution in [0.25, 0.3) is 0 Å². The first-order valence-corrected chi connectivity index (χ1v) is 9.29. The third-order valence-corrected chi connectivity index (χ3v) is 5.17. The minimum absolute atomic E-state index is 0.168. The fraction of sp³-hybridized carbons (Fsp3) is 0.611. The molecule has 1 amide bonds. The van der Waals surface area contributed by atoms with Crippen LogP contribution in [0, 0.1) is 5.92 Å². The molecule has 1 aromatic carbocycles. The molecule has 0 bridgehead atoms. The summed E-state index contributed by atoms with van der Waals surface area (Å²) in [5.74, 6) is 0.400. The van der Waals surface area contributed by atoms with Crippen molar-refractivity contribution < 1.29 is 4.79 Å². The average molecular weight is 357 g/mol. The average Bonchev–Trinajstić information content (AvgIpc) is 2.55. The predicted molar refractivity (Wildman–Crippen MR) is 97.0 cm³/mol. The van der Waals surface area contributed by atoms with E-state index in [0.717, 1.165) is 45.4 Å². The molecule has 0 aromatic heterocycles. The third-order valence-electron chi connectivity index (χ3n) is 4.43. The maximum Gasteiger partial charge on any atom is 0.223 e. The Morgan fingerprint density at radius 3 is 2.61 bits per heavy atom. The summed E-state index contributed by atoms with van der Waals surface area (Å²) in [5.41, 5.74) is 1.17. The Hall–Kier alpha value is -0.770. The molecule has 1 saturated heterocycles. The lowest BCUT2D eigenvalue weighted by Gasteiger charge is -2.31. The van der Waals surface area contributed by atoms with Crippen molar-refractivity contribution in [3.05, 3.63) is 33.8 Å². The fourth-order valence-corrected chi connectivity index (χ4v) is 3.30. The molecule has 0 unspecified atom stereocenters. The van der Waals surface area contributed by atoms with E-state index >= 15 is 0 Å². The van der Waals surface area contributed by atoms with E-state index in [2.05, 4.69) is 17.1 Å². The molecular weight excluding hydrogens is 331 g/mol. The molecule has 1 aromatic rings. The van der Waals surface area contributed by atoms with Gasteiger partial charge in [-0.1, -0.05) is 49.0 Å². The molecular formula is C18H26Cl2N2O. The normalized spacial score (nSPS) is 16.5. The number of carbonyl (C=O) groups is 1. The van der Waals surface area contributed by atoms with Crippen molar-refractivity contribution in [2.75, 3.05) is 19.6 Å². The number of benzene rings is 1. The van der Waals surface area contributed by atoms with Crippen molar-refractivity contribution in [3.63, 3.8) is 0 Å². The number of amides is 1. The van der Waals surface area contributed by atoms with E-state index in [1.165, 1.54) is 18.4 Å². The summed E-state index contributed by atoms with van der Waals surface area (Å²) < 4.78 is 0. The van der Waals surface area contributed by atoms with Crippen LogP contribution in [0.1, 0.15) is 44.6 Å². The first-order valence-electron chi connectivity index (χ1n) is 8.54. The van der Waals surface area contributed by atoms with E-state index in [-0.39, 0.29) is 11.8 Å². The Morgan fingerprint density at radius 1 is 1.22 bits per heavy atom. The van der Waals surface area contributed by atoms with Crippen molar-refractivity contribution in [3.8, 4) is 0 Å². The van der Waals surface area contributed by atoms with Crippen LogP contribution < -0.4 is 5.32 Å². The Kier molecular flexibility index (Phi) is 7.68. The molecule has 0 spiro atoms. The van der Waals surface area contributed by atoms with Gasteiger partial charge in [0.2, 0.25) is 5.91 Å². The highest BCUT2D eigenvalue weighted by molar-refractivity contribution is 6.42. The van der Waals surface area contributed by atoms with Crippen LogP contribution in [-0.4, -0.2) is 30.4 Å². The molecule has 0 saturated carbocycles. The Labute approximate surface area is 149 Å². The van der Waals surface area contributed by atoms with E-state index < -0.39 is 0 Å². The largest absolute Gasteiger partial charge is 0.356 e. The number of nitrogens with one attached hydrogen (secondary N) is 1. The van der Waals surface area contributed by atoms with E-state index in [0.29, 0.717) is 10.0 Å². The first-order chi connectivity index (χ1) is 11.1. The van der Waals surface area contributed by atoms with Crippen molar-refractivity contribution >= 4 is 29.1 Å². The topological polar surface area (TPSA) is 32.3 Å². The van der Waals surface area contributed by atoms with Crippen LogP contribution in [0.2, 0.25) is 10.0 Å².